The molecule has 5 fully saturated rings. The van der Waals surface area contributed by atoms with E-state index in [-0.39, 0.29) is 0 Å². The number of phosphoric acid groups is 1. The molecule has 0 aromatic rings. The standard InChI is InChI=1S/C36H61N2O33P/c37-17-23(50)21(48)15(65-29(17)52)7-62-30-18(38)24(51)28(71-72(59,60)61)16(66-30)8-64-35(32(55)56)3-14(22(49)26(69-35)12(44)5-40)67-36(33(57)58)2-10(42)20(47)27(70-36)13(45)6-63-34(31(53)54)1-9(41)19(46)25(68-34)11(43)4-39/h9-30,39-52H,1-8,37-38H2,(H,53,54)(H,55,56)(H,57,58)(H2,59,60,61)/t9-,10-,11-,12-,13-,14-,15-,16-,17-,18-,19-,20-,21-,22-,23-,24-,25-,26-,27-,28-,29?,30-,34-,35-,36-/m1/s1. The zero-order chi connectivity index (χ0) is 54.2. The second kappa shape index (κ2) is 23.8. The summed E-state index contributed by atoms with van der Waals surface area (Å²) < 4.78 is 65.6. The number of nitrogens with two attached hydrogens (primary N) is 2. The van der Waals surface area contributed by atoms with E-state index in [9.17, 15) is 116 Å². The van der Waals surface area contributed by atoms with Crippen LogP contribution >= 0.6 is 7.82 Å². The largest absolute Gasteiger partial charge is 0.477 e. The van der Waals surface area contributed by atoms with E-state index >= 15 is 0 Å². The lowest BCUT2D eigenvalue weighted by Gasteiger charge is -2.50. The first-order valence-electron chi connectivity index (χ1n) is 21.6. The predicted molar refractivity (Wildman–Crippen MR) is 215 cm³/mol. The Morgan fingerprint density at radius 1 is 0.597 bits per heavy atom. The molecular weight excluding hydrogens is 1020 g/mol. The van der Waals surface area contributed by atoms with Crippen LogP contribution in [0.25, 0.3) is 0 Å². The number of aliphatic carboxylic acids is 3. The molecule has 5 aliphatic rings. The van der Waals surface area contributed by atoms with E-state index in [0.717, 1.165) is 0 Å². The molecule has 23 N–H and O–H groups in total. The highest BCUT2D eigenvalue weighted by Crippen LogP contribution is 2.44. The molecule has 418 valence electrons. The number of phosphoric ester groups is 1. The first kappa shape index (κ1) is 60.4. The summed E-state index contributed by atoms with van der Waals surface area (Å²) in [6.07, 6.45) is -46.2. The molecule has 1 unspecified atom stereocenters. The maximum absolute atomic E-state index is 13.2. The van der Waals surface area contributed by atoms with Gasteiger partial charge in [0, 0.05) is 19.3 Å². The molecule has 5 rings (SSSR count). The number of ether oxygens (including phenoxy) is 9. The minimum atomic E-state index is -5.63. The Morgan fingerprint density at radius 2 is 1.08 bits per heavy atom. The van der Waals surface area contributed by atoms with Crippen molar-refractivity contribution in [3.8, 4) is 0 Å². The van der Waals surface area contributed by atoms with E-state index in [4.69, 9.17) is 54.1 Å². The third-order valence-corrected chi connectivity index (χ3v) is 13.1. The summed E-state index contributed by atoms with van der Waals surface area (Å²) in [5.41, 5.74) is 11.6. The molecule has 25 atom stereocenters. The van der Waals surface area contributed by atoms with Crippen molar-refractivity contribution in [2.75, 3.05) is 33.0 Å². The van der Waals surface area contributed by atoms with Crippen molar-refractivity contribution in [3.05, 3.63) is 0 Å². The number of carboxylic acid groups (broad SMARTS) is 3. The fourth-order valence-corrected chi connectivity index (χ4v) is 9.09. The normalized spacial score (nSPS) is 45.4. The van der Waals surface area contributed by atoms with Crippen LogP contribution < -0.4 is 11.5 Å². The molecule has 36 heteroatoms. The number of hydrogen-bond donors (Lipinski definition) is 21. The number of aliphatic hydroxyl groups is 14. The number of aliphatic hydroxyl groups excluding tert-OH is 14. The van der Waals surface area contributed by atoms with Crippen LogP contribution in [-0.2, 0) is 66.1 Å². The molecule has 72 heavy (non-hydrogen) atoms. The number of carbonyl (C=O) groups is 3. The van der Waals surface area contributed by atoms with E-state index in [1.165, 1.54) is 0 Å². The van der Waals surface area contributed by atoms with E-state index < -0.39 is 230 Å². The summed E-state index contributed by atoms with van der Waals surface area (Å²) in [7, 11) is -5.63. The maximum atomic E-state index is 13.2. The monoisotopic (exact) mass is 1080 g/mol. The van der Waals surface area contributed by atoms with Crippen LogP contribution in [0.15, 0.2) is 0 Å². The molecule has 5 saturated heterocycles. The van der Waals surface area contributed by atoms with Gasteiger partial charge in [-0.25, -0.2) is 18.9 Å². The van der Waals surface area contributed by atoms with E-state index in [1.807, 2.05) is 0 Å². The van der Waals surface area contributed by atoms with Gasteiger partial charge >= 0.3 is 25.7 Å². The fraction of sp³-hybridized carbons (Fsp3) is 0.917. The lowest BCUT2D eigenvalue weighted by molar-refractivity contribution is -0.380. The van der Waals surface area contributed by atoms with Crippen molar-refractivity contribution in [2.24, 2.45) is 11.5 Å². The Hall–Kier alpha value is -2.48. The van der Waals surface area contributed by atoms with Crippen molar-refractivity contribution in [3.63, 3.8) is 0 Å². The fourth-order valence-electron chi connectivity index (χ4n) is 8.51. The van der Waals surface area contributed by atoms with Gasteiger partial charge in [0.25, 0.3) is 17.4 Å². The molecule has 0 bridgehead atoms. The number of carboxylic acids is 3. The first-order valence-corrected chi connectivity index (χ1v) is 23.2. The van der Waals surface area contributed by atoms with Crippen LogP contribution in [0.5, 0.6) is 0 Å². The van der Waals surface area contributed by atoms with Gasteiger partial charge in [0.15, 0.2) is 12.6 Å². The Morgan fingerprint density at radius 3 is 1.60 bits per heavy atom. The predicted octanol–water partition coefficient (Wildman–Crippen LogP) is -12.3. The van der Waals surface area contributed by atoms with Gasteiger partial charge in [-0.05, 0) is 0 Å². The maximum Gasteiger partial charge on any atom is 0.470 e. The summed E-state index contributed by atoms with van der Waals surface area (Å²) in [5.74, 6) is -16.3. The molecule has 0 aliphatic carbocycles. The zero-order valence-corrected chi connectivity index (χ0v) is 38.1. The van der Waals surface area contributed by atoms with Crippen LogP contribution in [0, 0.1) is 0 Å². The van der Waals surface area contributed by atoms with Crippen molar-refractivity contribution in [2.45, 2.75) is 171 Å². The van der Waals surface area contributed by atoms with Crippen LogP contribution in [0.4, 0.5) is 0 Å². The van der Waals surface area contributed by atoms with E-state index in [0.29, 0.717) is 0 Å². The van der Waals surface area contributed by atoms with E-state index in [2.05, 4.69) is 4.52 Å². The molecular formula is C36H61N2O33P. The topological polar surface area (TPSA) is 597 Å². The lowest BCUT2D eigenvalue weighted by atomic mass is 9.89. The number of rotatable bonds is 21. The molecule has 35 nitrogen and oxygen atoms in total. The Balaban J connectivity index is 1.42. The van der Waals surface area contributed by atoms with Crippen molar-refractivity contribution < 1.29 is 163 Å². The lowest BCUT2D eigenvalue weighted by Crippen LogP contribution is -2.68. The van der Waals surface area contributed by atoms with Gasteiger partial charge in [-0.2, -0.15) is 0 Å². The summed E-state index contributed by atoms with van der Waals surface area (Å²) >= 11 is 0. The summed E-state index contributed by atoms with van der Waals surface area (Å²) in [6.45, 7) is -5.95. The Kier molecular flexibility index (Phi) is 20.0. The van der Waals surface area contributed by atoms with Crippen molar-refractivity contribution in [1.82, 2.24) is 0 Å². The third kappa shape index (κ3) is 12.8. The Bertz CT molecular complexity index is 1890. The molecule has 0 spiro atoms. The molecule has 0 aromatic heterocycles. The second-order valence-electron chi connectivity index (χ2n) is 17.6. The van der Waals surface area contributed by atoms with Gasteiger partial charge in [-0.15, -0.1) is 0 Å². The molecule has 0 amide bonds. The van der Waals surface area contributed by atoms with Gasteiger partial charge < -0.3 is 151 Å². The van der Waals surface area contributed by atoms with Gasteiger partial charge in [0.05, 0.1) is 63.4 Å². The molecule has 5 heterocycles. The first-order chi connectivity index (χ1) is 33.4. The van der Waals surface area contributed by atoms with Gasteiger partial charge in [0.1, 0.15) is 91.6 Å². The minimum Gasteiger partial charge on any atom is -0.477 e. The molecule has 0 saturated carbocycles. The van der Waals surface area contributed by atoms with Crippen molar-refractivity contribution >= 4 is 25.7 Å². The van der Waals surface area contributed by atoms with Crippen LogP contribution in [-0.4, -0.2) is 299 Å². The quantitative estimate of drug-likeness (QED) is 0.0475. The van der Waals surface area contributed by atoms with Crippen LogP contribution in [0.3, 0.4) is 0 Å². The van der Waals surface area contributed by atoms with Gasteiger partial charge in [-0.1, -0.05) is 0 Å². The van der Waals surface area contributed by atoms with Crippen LogP contribution in [0.2, 0.25) is 0 Å². The summed E-state index contributed by atoms with van der Waals surface area (Å²) in [6, 6.07) is -3.28. The number of hydrogen-bond acceptors (Lipinski definition) is 30. The molecule has 0 radical (unpaired) electrons. The smallest absolute Gasteiger partial charge is 0.470 e. The second-order valence-corrected chi connectivity index (χ2v) is 18.8. The highest BCUT2D eigenvalue weighted by atomic mass is 31.2. The SMILES string of the molecule is N[C@H]1[C@H](OC[C@H]2OC(O)[C@H](N)[C@@H](O)[C@@H]2O)O[C@H](CO[C@]2(C(=O)O)C[C@@H](O[C@]3(C(=O)O)C[C@@H](O)[C@@H](O)[C@@H]([C@H](O)CO[C@]4(C(=O)O)C[C@@H](O)[C@@H](O)[C@@H]([C@H](O)CO)O4)O3)[C@@H](O)[C@@H]([C@H](O)CO)O2)[C@@H](OP(=O)(O)O)[C@@H]1O. The van der Waals surface area contributed by atoms with E-state index in [1.54, 1.807) is 0 Å². The summed E-state index contributed by atoms with van der Waals surface area (Å²) in [4.78, 5) is 58.0. The van der Waals surface area contributed by atoms with Gasteiger partial charge in [0.2, 0.25) is 0 Å². The molecule has 5 aliphatic heterocycles. The average Bonchev–Trinajstić information content (AvgIpc) is 3.31. The highest BCUT2D eigenvalue weighted by Gasteiger charge is 2.62. The average molecular weight is 1080 g/mol. The zero-order valence-electron chi connectivity index (χ0n) is 37.2. The van der Waals surface area contributed by atoms with Crippen molar-refractivity contribution in [1.29, 1.82) is 0 Å². The summed E-state index contributed by atoms with van der Waals surface area (Å²) in [5, 5.41) is 178. The van der Waals surface area contributed by atoms with Gasteiger partial charge in [-0.3, -0.25) is 4.52 Å². The minimum absolute atomic E-state index is 0.807. The Labute approximate surface area is 403 Å². The highest BCUT2D eigenvalue weighted by molar-refractivity contribution is 7.46. The molecule has 0 aromatic carbocycles. The third-order valence-electron chi connectivity index (χ3n) is 12.6. The van der Waals surface area contributed by atoms with Crippen LogP contribution in [0.1, 0.15) is 19.3 Å².